The van der Waals surface area contributed by atoms with E-state index < -0.39 is 0 Å². The van der Waals surface area contributed by atoms with Crippen molar-refractivity contribution < 1.29 is 0 Å². The summed E-state index contributed by atoms with van der Waals surface area (Å²) in [6, 6.07) is 17.5. The molecule has 1 aliphatic carbocycles. The minimum absolute atomic E-state index is 0.00276. The van der Waals surface area contributed by atoms with Gasteiger partial charge in [-0.15, -0.1) is 0 Å². The van der Waals surface area contributed by atoms with Crippen molar-refractivity contribution in [2.24, 2.45) is 0 Å². The maximum Gasteiger partial charge on any atom is 0.0648 e. The highest BCUT2D eigenvalue weighted by Gasteiger charge is 2.50. The van der Waals surface area contributed by atoms with Crippen LogP contribution in [0.3, 0.4) is 0 Å². The van der Waals surface area contributed by atoms with Crippen LogP contribution in [0.1, 0.15) is 58.6 Å². The summed E-state index contributed by atoms with van der Waals surface area (Å²) in [5.74, 6) is 0. The zero-order chi connectivity index (χ0) is 25.2. The third-order valence-corrected chi connectivity index (χ3v) is 9.61. The van der Waals surface area contributed by atoms with Gasteiger partial charge in [-0.3, -0.25) is 0 Å². The summed E-state index contributed by atoms with van der Waals surface area (Å²) in [4.78, 5) is 4.73. The molecule has 0 bridgehead atoms. The van der Waals surface area contributed by atoms with Crippen molar-refractivity contribution in [3.05, 3.63) is 106 Å². The number of fused-ring (bicyclic) bond motifs is 2. The molecule has 0 radical (unpaired) electrons. The highest BCUT2D eigenvalue weighted by molar-refractivity contribution is 6.33. The summed E-state index contributed by atoms with van der Waals surface area (Å²) in [7, 11) is 4.37. The number of para-hydroxylation sites is 2. The highest BCUT2D eigenvalue weighted by Crippen LogP contribution is 2.52. The summed E-state index contributed by atoms with van der Waals surface area (Å²) in [6.45, 7) is 11.6. The molecule has 2 aromatic carbocycles. The van der Waals surface area contributed by atoms with E-state index in [1.807, 2.05) is 0 Å². The van der Waals surface area contributed by atoms with Crippen molar-refractivity contribution in [1.29, 1.82) is 0 Å². The maximum atomic E-state index is 6.96. The first kappa shape index (κ1) is 24.0. The lowest BCUT2D eigenvalue weighted by atomic mass is 9.71. The van der Waals surface area contributed by atoms with Gasteiger partial charge in [0.25, 0.3) is 0 Å². The van der Waals surface area contributed by atoms with E-state index in [2.05, 4.69) is 131 Å². The number of hydrogen-bond donors (Lipinski definition) is 0. The Labute approximate surface area is 216 Å². The minimum Gasteiger partial charge on any atom is -0.365 e. The molecule has 35 heavy (non-hydrogen) atoms. The highest BCUT2D eigenvalue weighted by atomic mass is 35.5. The molecule has 0 amide bonds. The number of nitrogens with zero attached hydrogens (tertiary/aromatic N) is 2. The molecule has 3 aliphatic rings. The van der Waals surface area contributed by atoms with Gasteiger partial charge in [-0.1, -0.05) is 93.9 Å². The van der Waals surface area contributed by atoms with Crippen molar-refractivity contribution in [2.75, 3.05) is 23.9 Å². The Balaban J connectivity index is 1.43. The Morgan fingerprint density at radius 2 is 1.43 bits per heavy atom. The Hall–Kier alpha value is -2.71. The number of halogens is 1. The van der Waals surface area contributed by atoms with Gasteiger partial charge in [-0.2, -0.15) is 0 Å². The first-order valence-electron chi connectivity index (χ1n) is 12.7. The van der Waals surface area contributed by atoms with Crippen molar-refractivity contribution in [3.8, 4) is 0 Å². The molecule has 0 saturated heterocycles. The van der Waals surface area contributed by atoms with Crippen molar-refractivity contribution in [1.82, 2.24) is 0 Å². The SMILES string of the molecule is CN1/C(=C\C=C2/CCC(/C=C/C3(C)N(C)c4ccccc4C3(C)C)=C2Cl)C(C)(C)c2ccccc21. The van der Waals surface area contributed by atoms with Gasteiger partial charge in [-0.25, -0.2) is 0 Å². The molecule has 5 rings (SSSR count). The molecular formula is C32H37ClN2. The first-order valence-corrected chi connectivity index (χ1v) is 13.0. The summed E-state index contributed by atoms with van der Waals surface area (Å²) >= 11 is 6.96. The van der Waals surface area contributed by atoms with Crippen LogP contribution in [-0.2, 0) is 10.8 Å². The van der Waals surface area contributed by atoms with E-state index in [0.29, 0.717) is 0 Å². The van der Waals surface area contributed by atoms with E-state index in [0.717, 1.165) is 17.9 Å². The Morgan fingerprint density at radius 1 is 0.800 bits per heavy atom. The lowest BCUT2D eigenvalue weighted by molar-refractivity contribution is 0.361. The fourth-order valence-corrected chi connectivity index (χ4v) is 6.62. The van der Waals surface area contributed by atoms with Gasteiger partial charge in [0, 0.05) is 47.0 Å². The lowest BCUT2D eigenvalue weighted by Gasteiger charge is -2.41. The zero-order valence-electron chi connectivity index (χ0n) is 22.1. The smallest absolute Gasteiger partial charge is 0.0648 e. The van der Waals surface area contributed by atoms with Crippen LogP contribution in [0, 0.1) is 0 Å². The molecule has 0 fully saturated rings. The van der Waals surface area contributed by atoms with Gasteiger partial charge < -0.3 is 9.80 Å². The number of hydrogen-bond acceptors (Lipinski definition) is 2. The van der Waals surface area contributed by atoms with E-state index in [4.69, 9.17) is 11.6 Å². The van der Waals surface area contributed by atoms with Crippen molar-refractivity contribution in [3.63, 3.8) is 0 Å². The molecule has 1 unspecified atom stereocenters. The molecule has 2 aliphatic heterocycles. The molecular weight excluding hydrogens is 448 g/mol. The molecule has 3 heteroatoms. The standard InChI is InChI=1S/C32H37ClN2/c1-30(2)24-12-8-10-14-26(24)34(6)28(30)19-18-22-16-17-23(29(22)33)20-21-32(5)31(3,4)25-13-9-11-15-27(25)35(32)7/h8-15,18-21H,16-17H2,1-7H3/b21-20+,22-18+,28-19-. The first-order chi connectivity index (χ1) is 16.5. The molecule has 2 heterocycles. The molecule has 2 nitrogen and oxygen atoms in total. The van der Waals surface area contributed by atoms with Crippen LogP contribution in [0.4, 0.5) is 11.4 Å². The van der Waals surface area contributed by atoms with E-state index in [-0.39, 0.29) is 16.4 Å². The van der Waals surface area contributed by atoms with Gasteiger partial charge in [0.05, 0.1) is 5.54 Å². The Kier molecular flexibility index (Phi) is 5.60. The minimum atomic E-state index is -0.127. The second-order valence-corrected chi connectivity index (χ2v) is 11.8. The van der Waals surface area contributed by atoms with Crippen molar-refractivity contribution in [2.45, 2.75) is 63.8 Å². The topological polar surface area (TPSA) is 6.48 Å². The van der Waals surface area contributed by atoms with Crippen LogP contribution in [-0.4, -0.2) is 19.6 Å². The summed E-state index contributed by atoms with van der Waals surface area (Å²) < 4.78 is 0. The quantitative estimate of drug-likeness (QED) is 0.432. The summed E-state index contributed by atoms with van der Waals surface area (Å²) in [6.07, 6.45) is 11.1. The predicted octanol–water partition coefficient (Wildman–Crippen LogP) is 8.25. The maximum absolute atomic E-state index is 6.96. The third-order valence-electron chi connectivity index (χ3n) is 9.12. The second kappa shape index (κ2) is 8.17. The monoisotopic (exact) mass is 484 g/mol. The number of rotatable bonds is 3. The zero-order valence-corrected chi connectivity index (χ0v) is 22.9. The molecule has 2 aromatic rings. The van der Waals surface area contributed by atoms with Gasteiger partial charge in [-0.05, 0) is 60.2 Å². The summed E-state index contributed by atoms with van der Waals surface area (Å²) in [5.41, 5.74) is 8.99. The van der Waals surface area contributed by atoms with Crippen LogP contribution in [0.2, 0.25) is 0 Å². The average molecular weight is 485 g/mol. The van der Waals surface area contributed by atoms with Crippen molar-refractivity contribution >= 4 is 23.0 Å². The molecule has 1 atom stereocenters. The molecule has 0 aromatic heterocycles. The van der Waals surface area contributed by atoms with Crippen LogP contribution in [0.5, 0.6) is 0 Å². The normalized spacial score (nSPS) is 27.0. The van der Waals surface area contributed by atoms with Gasteiger partial charge in [0.15, 0.2) is 0 Å². The fourth-order valence-electron chi connectivity index (χ4n) is 6.31. The largest absolute Gasteiger partial charge is 0.365 e. The Morgan fingerprint density at radius 3 is 2.09 bits per heavy atom. The summed E-state index contributed by atoms with van der Waals surface area (Å²) in [5, 5.41) is 0.911. The third kappa shape index (κ3) is 3.44. The van der Waals surface area contributed by atoms with E-state index in [1.54, 1.807) is 0 Å². The van der Waals surface area contributed by atoms with E-state index >= 15 is 0 Å². The van der Waals surface area contributed by atoms with Crippen LogP contribution < -0.4 is 9.80 Å². The molecule has 182 valence electrons. The van der Waals surface area contributed by atoms with Crippen LogP contribution in [0.25, 0.3) is 0 Å². The number of anilines is 2. The fraction of sp³-hybridized carbons (Fsp3) is 0.375. The molecule has 0 N–H and O–H groups in total. The van der Waals surface area contributed by atoms with Gasteiger partial charge in [0.2, 0.25) is 0 Å². The van der Waals surface area contributed by atoms with E-state index in [9.17, 15) is 0 Å². The number of benzene rings is 2. The van der Waals surface area contributed by atoms with Crippen LogP contribution in [0.15, 0.2) is 94.7 Å². The van der Waals surface area contributed by atoms with Gasteiger partial charge >= 0.3 is 0 Å². The number of allylic oxidation sites excluding steroid dienone is 7. The lowest BCUT2D eigenvalue weighted by Crippen LogP contribution is -2.50. The predicted molar refractivity (Wildman–Crippen MR) is 152 cm³/mol. The van der Waals surface area contributed by atoms with Crippen LogP contribution >= 0.6 is 11.6 Å². The number of likely N-dealkylation sites (N-methyl/N-ethyl adjacent to an activating group) is 2. The average Bonchev–Trinajstić information content (AvgIpc) is 3.34. The second-order valence-electron chi connectivity index (χ2n) is 11.5. The molecule has 0 saturated carbocycles. The molecule has 0 spiro atoms. The van der Waals surface area contributed by atoms with Gasteiger partial charge in [0.1, 0.15) is 0 Å². The Bertz CT molecular complexity index is 1310. The van der Waals surface area contributed by atoms with E-state index in [1.165, 1.54) is 39.3 Å².